The third kappa shape index (κ3) is 3.57. The van der Waals surface area contributed by atoms with Gasteiger partial charge in [0.05, 0.1) is 7.05 Å². The summed E-state index contributed by atoms with van der Waals surface area (Å²) in [6, 6.07) is 4.74. The maximum atomic E-state index is 13.9. The van der Waals surface area contributed by atoms with Crippen LogP contribution in [-0.4, -0.2) is 26.8 Å². The van der Waals surface area contributed by atoms with Crippen LogP contribution < -0.4 is 5.32 Å². The van der Waals surface area contributed by atoms with Crippen molar-refractivity contribution in [1.82, 2.24) is 25.5 Å². The summed E-state index contributed by atoms with van der Waals surface area (Å²) >= 11 is 3.36. The Morgan fingerprint density at radius 3 is 2.89 bits per heavy atom. The Labute approximate surface area is 119 Å². The number of tetrazole rings is 1. The smallest absolute Gasteiger partial charge is 0.176 e. The predicted molar refractivity (Wildman–Crippen MR) is 73.0 cm³/mol. The van der Waals surface area contributed by atoms with Gasteiger partial charge in [-0.25, -0.2) is 4.39 Å². The molecule has 5 nitrogen and oxygen atoms in total. The monoisotopic (exact) mass is 327 g/mol. The second-order valence-electron chi connectivity index (χ2n) is 4.18. The molecule has 1 atom stereocenters. The van der Waals surface area contributed by atoms with Crippen molar-refractivity contribution in [3.8, 4) is 0 Å². The zero-order chi connectivity index (χ0) is 13.8. The van der Waals surface area contributed by atoms with Crippen molar-refractivity contribution >= 4 is 15.9 Å². The molecular weight excluding hydrogens is 313 g/mol. The molecule has 0 aliphatic carbocycles. The lowest BCUT2D eigenvalue weighted by molar-refractivity contribution is 0.500. The van der Waals surface area contributed by atoms with E-state index in [1.54, 1.807) is 19.2 Å². The van der Waals surface area contributed by atoms with Crippen LogP contribution in [0.1, 0.15) is 24.4 Å². The van der Waals surface area contributed by atoms with Crippen LogP contribution in [0.25, 0.3) is 0 Å². The molecule has 0 aliphatic heterocycles. The SMILES string of the molecule is CCNC(Cc1nnn(C)n1)c1cc(Br)ccc1F. The highest BCUT2D eigenvalue weighted by Crippen LogP contribution is 2.23. The molecule has 1 heterocycles. The van der Waals surface area contributed by atoms with Gasteiger partial charge in [0.1, 0.15) is 5.82 Å². The predicted octanol–water partition coefficient (Wildman–Crippen LogP) is 2.00. The van der Waals surface area contributed by atoms with Gasteiger partial charge in [-0.05, 0) is 30.0 Å². The first-order valence-electron chi connectivity index (χ1n) is 6.01. The Balaban J connectivity index is 2.26. The lowest BCUT2D eigenvalue weighted by atomic mass is 10.0. The second-order valence-corrected chi connectivity index (χ2v) is 5.09. The largest absolute Gasteiger partial charge is 0.310 e. The number of benzene rings is 1. The standard InChI is InChI=1S/C12H15BrFN5/c1-3-15-11(7-12-16-18-19(2)17-12)9-6-8(13)4-5-10(9)14/h4-6,11,15H,3,7H2,1-2H3. The highest BCUT2D eigenvalue weighted by molar-refractivity contribution is 9.10. The Hall–Kier alpha value is -1.34. The average Bonchev–Trinajstić information content (AvgIpc) is 2.77. The summed E-state index contributed by atoms with van der Waals surface area (Å²) in [4.78, 5) is 1.40. The molecule has 0 spiro atoms. The van der Waals surface area contributed by atoms with E-state index < -0.39 is 0 Å². The summed E-state index contributed by atoms with van der Waals surface area (Å²) in [6.45, 7) is 2.71. The first-order chi connectivity index (χ1) is 9.10. The molecule has 7 heteroatoms. The maximum Gasteiger partial charge on any atom is 0.176 e. The number of aryl methyl sites for hydroxylation is 1. The quantitative estimate of drug-likeness (QED) is 0.912. The molecule has 1 unspecified atom stereocenters. The fraction of sp³-hybridized carbons (Fsp3) is 0.417. The highest BCUT2D eigenvalue weighted by atomic mass is 79.9. The van der Waals surface area contributed by atoms with Gasteiger partial charge in [0.2, 0.25) is 0 Å². The van der Waals surface area contributed by atoms with Crippen LogP contribution in [0.4, 0.5) is 4.39 Å². The molecule has 0 bridgehead atoms. The van der Waals surface area contributed by atoms with Gasteiger partial charge in [-0.15, -0.1) is 10.2 Å². The molecule has 2 aromatic rings. The van der Waals surface area contributed by atoms with Gasteiger partial charge in [-0.2, -0.15) is 4.80 Å². The van der Waals surface area contributed by atoms with Crippen LogP contribution >= 0.6 is 15.9 Å². The van der Waals surface area contributed by atoms with Crippen molar-refractivity contribution in [2.75, 3.05) is 6.54 Å². The maximum absolute atomic E-state index is 13.9. The zero-order valence-corrected chi connectivity index (χ0v) is 12.4. The van der Waals surface area contributed by atoms with Crippen molar-refractivity contribution in [3.63, 3.8) is 0 Å². The lowest BCUT2D eigenvalue weighted by Crippen LogP contribution is -2.24. The summed E-state index contributed by atoms with van der Waals surface area (Å²) in [5.41, 5.74) is 0.601. The normalized spacial score (nSPS) is 12.6. The van der Waals surface area contributed by atoms with Crippen LogP contribution in [0.2, 0.25) is 0 Å². The van der Waals surface area contributed by atoms with E-state index in [0.717, 1.165) is 11.0 Å². The molecule has 0 aliphatic rings. The Morgan fingerprint density at radius 1 is 1.47 bits per heavy atom. The minimum atomic E-state index is -0.238. The van der Waals surface area contributed by atoms with Gasteiger partial charge < -0.3 is 5.32 Å². The molecule has 102 valence electrons. The van der Waals surface area contributed by atoms with E-state index in [0.29, 0.717) is 17.8 Å². The third-order valence-corrected chi connectivity index (χ3v) is 3.21. The number of likely N-dealkylation sites (N-methyl/N-ethyl adjacent to an activating group) is 1. The molecule has 1 aromatic heterocycles. The van der Waals surface area contributed by atoms with E-state index in [-0.39, 0.29) is 11.9 Å². The van der Waals surface area contributed by atoms with Gasteiger partial charge >= 0.3 is 0 Å². The van der Waals surface area contributed by atoms with Gasteiger partial charge in [0.25, 0.3) is 0 Å². The van der Waals surface area contributed by atoms with Crippen LogP contribution in [0.5, 0.6) is 0 Å². The van der Waals surface area contributed by atoms with Crippen LogP contribution in [0.3, 0.4) is 0 Å². The number of hydrogen-bond acceptors (Lipinski definition) is 4. The molecule has 0 fully saturated rings. The first-order valence-corrected chi connectivity index (χ1v) is 6.80. The average molecular weight is 328 g/mol. The number of aromatic nitrogens is 4. The third-order valence-electron chi connectivity index (χ3n) is 2.72. The molecular formula is C12H15BrFN5. The molecule has 1 aromatic carbocycles. The van der Waals surface area contributed by atoms with Gasteiger partial charge in [0.15, 0.2) is 5.82 Å². The summed E-state index contributed by atoms with van der Waals surface area (Å²) < 4.78 is 14.8. The Bertz CT molecular complexity index is 557. The number of nitrogens with zero attached hydrogens (tertiary/aromatic N) is 4. The minimum absolute atomic E-state index is 0.174. The first kappa shape index (κ1) is 14.1. The van der Waals surface area contributed by atoms with Crippen LogP contribution in [0, 0.1) is 5.82 Å². The number of hydrogen-bond donors (Lipinski definition) is 1. The van der Waals surface area contributed by atoms with Gasteiger partial charge in [-0.3, -0.25) is 0 Å². The molecule has 1 N–H and O–H groups in total. The molecule has 19 heavy (non-hydrogen) atoms. The van der Waals surface area contributed by atoms with E-state index in [1.807, 2.05) is 6.92 Å². The minimum Gasteiger partial charge on any atom is -0.310 e. The number of nitrogens with one attached hydrogen (secondary N) is 1. The molecule has 0 saturated heterocycles. The van der Waals surface area contributed by atoms with Crippen molar-refractivity contribution in [1.29, 1.82) is 0 Å². The van der Waals surface area contributed by atoms with Crippen molar-refractivity contribution in [2.24, 2.45) is 7.05 Å². The molecule has 2 rings (SSSR count). The fourth-order valence-corrected chi connectivity index (χ4v) is 2.29. The fourth-order valence-electron chi connectivity index (χ4n) is 1.91. The highest BCUT2D eigenvalue weighted by Gasteiger charge is 2.18. The second kappa shape index (κ2) is 6.21. The van der Waals surface area contributed by atoms with E-state index in [9.17, 15) is 4.39 Å². The van der Waals surface area contributed by atoms with E-state index in [4.69, 9.17) is 0 Å². The molecule has 0 saturated carbocycles. The Morgan fingerprint density at radius 2 is 2.26 bits per heavy atom. The van der Waals surface area contributed by atoms with Crippen molar-refractivity contribution in [2.45, 2.75) is 19.4 Å². The number of rotatable bonds is 5. The Kier molecular flexibility index (Phi) is 4.60. The van der Waals surface area contributed by atoms with Gasteiger partial charge in [-0.1, -0.05) is 22.9 Å². The van der Waals surface area contributed by atoms with Crippen LogP contribution in [0.15, 0.2) is 22.7 Å². The molecule has 0 radical (unpaired) electrons. The van der Waals surface area contributed by atoms with Crippen LogP contribution in [-0.2, 0) is 13.5 Å². The summed E-state index contributed by atoms with van der Waals surface area (Å²) in [7, 11) is 1.71. The summed E-state index contributed by atoms with van der Waals surface area (Å²) in [6.07, 6.45) is 0.495. The zero-order valence-electron chi connectivity index (χ0n) is 10.8. The summed E-state index contributed by atoms with van der Waals surface area (Å²) in [5, 5.41) is 15.1. The van der Waals surface area contributed by atoms with E-state index in [1.165, 1.54) is 10.9 Å². The molecule has 0 amide bonds. The topological polar surface area (TPSA) is 55.6 Å². The van der Waals surface area contributed by atoms with Gasteiger partial charge in [0, 0.05) is 22.5 Å². The summed E-state index contributed by atoms with van der Waals surface area (Å²) in [5.74, 6) is 0.353. The van der Waals surface area contributed by atoms with E-state index >= 15 is 0 Å². The number of halogens is 2. The van der Waals surface area contributed by atoms with E-state index in [2.05, 4.69) is 36.7 Å². The lowest BCUT2D eigenvalue weighted by Gasteiger charge is -2.17. The van der Waals surface area contributed by atoms with Crippen molar-refractivity contribution in [3.05, 3.63) is 39.9 Å². The van der Waals surface area contributed by atoms with Crippen molar-refractivity contribution < 1.29 is 4.39 Å².